The molecule has 0 radical (unpaired) electrons. The number of fused-ring (bicyclic) bond motifs is 1. The highest BCUT2D eigenvalue weighted by Crippen LogP contribution is 2.26. The van der Waals surface area contributed by atoms with Gasteiger partial charge in [0.05, 0.1) is 17.8 Å². The molecule has 0 aliphatic carbocycles. The van der Waals surface area contributed by atoms with E-state index in [2.05, 4.69) is 17.4 Å². The highest BCUT2D eigenvalue weighted by Gasteiger charge is 2.11. The fourth-order valence-corrected chi connectivity index (χ4v) is 4.36. The summed E-state index contributed by atoms with van der Waals surface area (Å²) in [6.07, 6.45) is 0.670. The predicted molar refractivity (Wildman–Crippen MR) is 116 cm³/mol. The number of amides is 1. The summed E-state index contributed by atoms with van der Waals surface area (Å²) in [5.41, 5.74) is 2.08. The summed E-state index contributed by atoms with van der Waals surface area (Å²) >= 11 is 3.10. The van der Waals surface area contributed by atoms with Crippen molar-refractivity contribution in [3.05, 3.63) is 88.4 Å². The van der Waals surface area contributed by atoms with E-state index in [1.165, 1.54) is 17.3 Å². The summed E-state index contributed by atoms with van der Waals surface area (Å²) < 4.78 is 0. The van der Waals surface area contributed by atoms with Gasteiger partial charge in [0.2, 0.25) is 5.91 Å². The van der Waals surface area contributed by atoms with Crippen molar-refractivity contribution in [2.75, 3.05) is 5.75 Å². The number of carbonyl (C=O) groups is 1. The van der Waals surface area contributed by atoms with Crippen molar-refractivity contribution in [1.82, 2.24) is 15.3 Å². The minimum atomic E-state index is 0.00528. The molecule has 2 heterocycles. The predicted octanol–water partition coefficient (Wildman–Crippen LogP) is 4.69. The Morgan fingerprint density at radius 3 is 2.61 bits per heavy atom. The molecule has 0 saturated carbocycles. The fraction of sp³-hybridized carbons (Fsp3) is 0.136. The second-order valence-corrected chi connectivity index (χ2v) is 8.27. The van der Waals surface area contributed by atoms with Gasteiger partial charge < -0.3 is 5.32 Å². The van der Waals surface area contributed by atoms with Gasteiger partial charge in [-0.3, -0.25) is 4.79 Å². The SMILES string of the molecule is O=C(CSc1nc(Cc2ccccc2)nc2ccccc12)NCc1cccs1. The second kappa shape index (κ2) is 8.99. The molecule has 4 rings (SSSR count). The van der Waals surface area contributed by atoms with Crippen molar-refractivity contribution in [3.63, 3.8) is 0 Å². The third-order valence-corrected chi connectivity index (χ3v) is 6.07. The summed E-state index contributed by atoms with van der Waals surface area (Å²) in [7, 11) is 0. The minimum absolute atomic E-state index is 0.00528. The van der Waals surface area contributed by atoms with Crippen LogP contribution in [0.5, 0.6) is 0 Å². The first-order valence-electron chi connectivity index (χ1n) is 8.99. The topological polar surface area (TPSA) is 54.9 Å². The molecule has 0 aliphatic rings. The molecule has 0 aliphatic heterocycles. The Hall–Kier alpha value is -2.70. The lowest BCUT2D eigenvalue weighted by Gasteiger charge is -2.09. The Bertz CT molecular complexity index is 1070. The number of hydrogen-bond acceptors (Lipinski definition) is 5. The third-order valence-electron chi connectivity index (χ3n) is 4.20. The molecule has 4 nitrogen and oxygen atoms in total. The Balaban J connectivity index is 1.49. The number of nitrogens with one attached hydrogen (secondary N) is 1. The number of thiophene rings is 1. The quantitative estimate of drug-likeness (QED) is 0.358. The molecule has 0 saturated heterocycles. The lowest BCUT2D eigenvalue weighted by atomic mass is 10.1. The van der Waals surface area contributed by atoms with Crippen LogP contribution in [0.1, 0.15) is 16.3 Å². The van der Waals surface area contributed by atoms with Gasteiger partial charge in [0.1, 0.15) is 10.9 Å². The van der Waals surface area contributed by atoms with Crippen LogP contribution in [0.25, 0.3) is 10.9 Å². The fourth-order valence-electron chi connectivity index (χ4n) is 2.84. The van der Waals surface area contributed by atoms with Crippen LogP contribution in [0.4, 0.5) is 0 Å². The van der Waals surface area contributed by atoms with Gasteiger partial charge in [-0.05, 0) is 23.1 Å². The summed E-state index contributed by atoms with van der Waals surface area (Å²) in [6.45, 7) is 0.570. The van der Waals surface area contributed by atoms with Crippen LogP contribution in [0.15, 0.2) is 77.1 Å². The number of benzene rings is 2. The number of hydrogen-bond donors (Lipinski definition) is 1. The summed E-state index contributed by atoms with van der Waals surface area (Å²) in [5.74, 6) is 1.11. The van der Waals surface area contributed by atoms with E-state index in [1.54, 1.807) is 11.3 Å². The maximum atomic E-state index is 12.3. The maximum absolute atomic E-state index is 12.3. The molecule has 0 bridgehead atoms. The molecular formula is C22H19N3OS2. The number of para-hydroxylation sites is 1. The van der Waals surface area contributed by atoms with E-state index >= 15 is 0 Å². The zero-order valence-corrected chi connectivity index (χ0v) is 16.8. The molecule has 1 N–H and O–H groups in total. The average Bonchev–Trinajstić information content (AvgIpc) is 3.25. The van der Waals surface area contributed by atoms with Crippen LogP contribution in [-0.2, 0) is 17.8 Å². The summed E-state index contributed by atoms with van der Waals surface area (Å²) in [4.78, 5) is 22.9. The first-order valence-corrected chi connectivity index (χ1v) is 10.9. The number of aromatic nitrogens is 2. The van der Waals surface area contributed by atoms with E-state index in [4.69, 9.17) is 9.97 Å². The molecule has 2 aromatic carbocycles. The Kier molecular flexibility index (Phi) is 5.99. The van der Waals surface area contributed by atoms with Crippen molar-refractivity contribution in [1.29, 1.82) is 0 Å². The number of carbonyl (C=O) groups excluding carboxylic acids is 1. The standard InChI is InChI=1S/C22H19N3OS2/c26-21(23-14-17-9-6-12-27-17)15-28-22-18-10-4-5-11-19(18)24-20(25-22)13-16-7-2-1-3-8-16/h1-12H,13-15H2,(H,23,26). The number of rotatable bonds is 7. The van der Waals surface area contributed by atoms with Crippen LogP contribution < -0.4 is 5.32 Å². The third kappa shape index (κ3) is 4.77. The highest BCUT2D eigenvalue weighted by atomic mass is 32.2. The lowest BCUT2D eigenvalue weighted by Crippen LogP contribution is -2.24. The largest absolute Gasteiger partial charge is 0.350 e. The first-order chi connectivity index (χ1) is 13.8. The maximum Gasteiger partial charge on any atom is 0.230 e. The second-order valence-electron chi connectivity index (χ2n) is 6.27. The van der Waals surface area contributed by atoms with E-state index in [0.29, 0.717) is 18.7 Å². The van der Waals surface area contributed by atoms with E-state index in [1.807, 2.05) is 60.0 Å². The molecule has 28 heavy (non-hydrogen) atoms. The van der Waals surface area contributed by atoms with E-state index in [-0.39, 0.29) is 5.91 Å². The zero-order valence-electron chi connectivity index (χ0n) is 15.2. The molecule has 0 unspecified atom stereocenters. The van der Waals surface area contributed by atoms with Crippen LogP contribution in [-0.4, -0.2) is 21.6 Å². The monoisotopic (exact) mass is 405 g/mol. The van der Waals surface area contributed by atoms with Crippen molar-refractivity contribution >= 4 is 39.9 Å². The minimum Gasteiger partial charge on any atom is -0.350 e. The van der Waals surface area contributed by atoms with Crippen molar-refractivity contribution < 1.29 is 4.79 Å². The molecule has 6 heteroatoms. The summed E-state index contributed by atoms with van der Waals surface area (Å²) in [5, 5.41) is 6.81. The van der Waals surface area contributed by atoms with Crippen LogP contribution >= 0.6 is 23.1 Å². The Morgan fingerprint density at radius 1 is 0.964 bits per heavy atom. The number of nitrogens with zero attached hydrogens (tertiary/aromatic N) is 2. The molecule has 0 fully saturated rings. The van der Waals surface area contributed by atoms with Gasteiger partial charge in [-0.1, -0.05) is 66.4 Å². The van der Waals surface area contributed by atoms with Crippen molar-refractivity contribution in [2.24, 2.45) is 0 Å². The molecule has 1 amide bonds. The van der Waals surface area contributed by atoms with Gasteiger partial charge >= 0.3 is 0 Å². The van der Waals surface area contributed by atoms with Crippen LogP contribution in [0.2, 0.25) is 0 Å². The van der Waals surface area contributed by atoms with E-state index in [9.17, 15) is 4.79 Å². The Morgan fingerprint density at radius 2 is 1.79 bits per heavy atom. The van der Waals surface area contributed by atoms with Crippen molar-refractivity contribution in [3.8, 4) is 0 Å². The zero-order chi connectivity index (χ0) is 19.2. The molecule has 2 aromatic heterocycles. The summed E-state index contributed by atoms with van der Waals surface area (Å²) in [6, 6.07) is 22.1. The molecule has 140 valence electrons. The lowest BCUT2D eigenvalue weighted by molar-refractivity contribution is -0.118. The smallest absolute Gasteiger partial charge is 0.230 e. The van der Waals surface area contributed by atoms with Gasteiger partial charge in [0.15, 0.2) is 0 Å². The first kappa shape index (κ1) is 18.7. The highest BCUT2D eigenvalue weighted by molar-refractivity contribution is 8.00. The van der Waals surface area contributed by atoms with Gasteiger partial charge in [-0.15, -0.1) is 11.3 Å². The molecule has 0 spiro atoms. The van der Waals surface area contributed by atoms with Gasteiger partial charge in [-0.2, -0.15) is 0 Å². The normalized spacial score (nSPS) is 10.9. The molecular weight excluding hydrogens is 386 g/mol. The van der Waals surface area contributed by atoms with Gasteiger partial charge in [-0.25, -0.2) is 9.97 Å². The van der Waals surface area contributed by atoms with Crippen LogP contribution in [0, 0.1) is 0 Å². The number of thioether (sulfide) groups is 1. The Labute approximate surface area is 172 Å². The average molecular weight is 406 g/mol. The van der Waals surface area contributed by atoms with E-state index < -0.39 is 0 Å². The van der Waals surface area contributed by atoms with Crippen LogP contribution in [0.3, 0.4) is 0 Å². The molecule has 4 aromatic rings. The van der Waals surface area contributed by atoms with Crippen molar-refractivity contribution in [2.45, 2.75) is 18.0 Å². The molecule has 0 atom stereocenters. The van der Waals surface area contributed by atoms with E-state index in [0.717, 1.165) is 26.6 Å². The van der Waals surface area contributed by atoms with Gasteiger partial charge in [0, 0.05) is 16.7 Å². The van der Waals surface area contributed by atoms with Gasteiger partial charge in [0.25, 0.3) is 0 Å².